The standard InChI is InChI=1S/C28H31N3O3S/c1-18-7-12-24(14-19(18)2)35-27-25(6-5-13-29-27)26(32)30-15-22-8-10-23(11-9-22)28(33)31-16-20(3)34-21(4)17-31/h5-14,20-21H,15-17H2,1-4H3,(H,30,32). The van der Waals surface area contributed by atoms with Crippen LogP contribution in [0.15, 0.2) is 70.7 Å². The molecule has 1 aliphatic rings. The number of carbonyl (C=O) groups is 2. The first-order chi connectivity index (χ1) is 16.8. The Bertz CT molecular complexity index is 1200. The first-order valence-corrected chi connectivity index (χ1v) is 12.6. The Balaban J connectivity index is 1.38. The van der Waals surface area contributed by atoms with Crippen molar-refractivity contribution in [3.63, 3.8) is 0 Å². The number of aryl methyl sites for hydroxylation is 2. The normalized spacial score (nSPS) is 17.8. The fourth-order valence-corrected chi connectivity index (χ4v) is 5.08. The topological polar surface area (TPSA) is 71.5 Å². The minimum absolute atomic E-state index is 0.00551. The maximum absolute atomic E-state index is 13.0. The summed E-state index contributed by atoms with van der Waals surface area (Å²) in [5, 5.41) is 3.65. The monoisotopic (exact) mass is 489 g/mol. The van der Waals surface area contributed by atoms with Crippen LogP contribution in [-0.2, 0) is 11.3 Å². The van der Waals surface area contributed by atoms with E-state index in [2.05, 4.69) is 36.3 Å². The largest absolute Gasteiger partial charge is 0.372 e. The van der Waals surface area contributed by atoms with Crippen molar-refractivity contribution in [3.05, 3.63) is 88.6 Å². The number of morpholine rings is 1. The summed E-state index contributed by atoms with van der Waals surface area (Å²) in [7, 11) is 0. The van der Waals surface area contributed by atoms with Gasteiger partial charge in [0.05, 0.1) is 17.8 Å². The lowest BCUT2D eigenvalue weighted by molar-refractivity contribution is -0.0586. The van der Waals surface area contributed by atoms with Crippen LogP contribution in [0.3, 0.4) is 0 Å². The van der Waals surface area contributed by atoms with Crippen LogP contribution in [0.5, 0.6) is 0 Å². The fraction of sp³-hybridized carbons (Fsp3) is 0.321. The summed E-state index contributed by atoms with van der Waals surface area (Å²) in [5.74, 6) is -0.174. The third kappa shape index (κ3) is 6.29. The Labute approximate surface area is 211 Å². The summed E-state index contributed by atoms with van der Waals surface area (Å²) < 4.78 is 5.72. The van der Waals surface area contributed by atoms with Crippen LogP contribution in [-0.4, -0.2) is 47.0 Å². The van der Waals surface area contributed by atoms with E-state index < -0.39 is 0 Å². The molecule has 1 aromatic heterocycles. The first kappa shape index (κ1) is 24.9. The van der Waals surface area contributed by atoms with Gasteiger partial charge in [-0.05, 0) is 80.8 Å². The zero-order valence-electron chi connectivity index (χ0n) is 20.6. The van der Waals surface area contributed by atoms with Gasteiger partial charge in [-0.2, -0.15) is 0 Å². The number of nitrogens with zero attached hydrogens (tertiary/aromatic N) is 2. The quantitative estimate of drug-likeness (QED) is 0.526. The van der Waals surface area contributed by atoms with Crippen LogP contribution in [0.4, 0.5) is 0 Å². The van der Waals surface area contributed by atoms with E-state index in [0.29, 0.717) is 35.8 Å². The van der Waals surface area contributed by atoms with Crippen molar-refractivity contribution in [3.8, 4) is 0 Å². The van der Waals surface area contributed by atoms with Crippen LogP contribution in [0, 0.1) is 13.8 Å². The van der Waals surface area contributed by atoms with Gasteiger partial charge in [0.25, 0.3) is 11.8 Å². The molecule has 0 saturated carbocycles. The van der Waals surface area contributed by atoms with Gasteiger partial charge >= 0.3 is 0 Å². The molecule has 2 atom stereocenters. The number of hydrogen-bond acceptors (Lipinski definition) is 5. The second-order valence-corrected chi connectivity index (χ2v) is 10.1. The Kier molecular flexibility index (Phi) is 7.88. The van der Waals surface area contributed by atoms with E-state index in [1.165, 1.54) is 22.9 Å². The molecule has 4 rings (SSSR count). The van der Waals surface area contributed by atoms with Gasteiger partial charge < -0.3 is 15.0 Å². The lowest BCUT2D eigenvalue weighted by Crippen LogP contribution is -2.48. The molecule has 7 heteroatoms. The molecule has 1 aliphatic heterocycles. The highest BCUT2D eigenvalue weighted by Gasteiger charge is 2.26. The number of benzene rings is 2. The van der Waals surface area contributed by atoms with E-state index in [4.69, 9.17) is 4.74 Å². The summed E-state index contributed by atoms with van der Waals surface area (Å²) in [6, 6.07) is 17.2. The molecule has 0 bridgehead atoms. The van der Waals surface area contributed by atoms with Gasteiger partial charge in [0.15, 0.2) is 0 Å². The number of rotatable bonds is 6. The fourth-order valence-electron chi connectivity index (χ4n) is 4.10. The van der Waals surface area contributed by atoms with E-state index in [-0.39, 0.29) is 24.0 Å². The van der Waals surface area contributed by atoms with E-state index in [0.717, 1.165) is 10.5 Å². The van der Waals surface area contributed by atoms with Gasteiger partial charge in [-0.3, -0.25) is 9.59 Å². The van der Waals surface area contributed by atoms with Crippen molar-refractivity contribution in [2.45, 2.75) is 56.4 Å². The molecule has 3 aromatic rings. The molecule has 1 fully saturated rings. The Morgan fingerprint density at radius 2 is 1.74 bits per heavy atom. The molecule has 2 unspecified atom stereocenters. The summed E-state index contributed by atoms with van der Waals surface area (Å²) in [6.07, 6.45) is 1.76. The molecule has 2 heterocycles. The van der Waals surface area contributed by atoms with Crippen molar-refractivity contribution in [2.24, 2.45) is 0 Å². The number of nitrogens with one attached hydrogen (secondary N) is 1. The summed E-state index contributed by atoms with van der Waals surface area (Å²) >= 11 is 1.48. The molecule has 0 radical (unpaired) electrons. The summed E-state index contributed by atoms with van der Waals surface area (Å²) in [6.45, 7) is 9.66. The second kappa shape index (κ2) is 11.1. The van der Waals surface area contributed by atoms with Gasteiger partial charge in [0, 0.05) is 36.3 Å². The Hall–Kier alpha value is -3.16. The molecule has 0 aliphatic carbocycles. The molecule has 6 nitrogen and oxygen atoms in total. The van der Waals surface area contributed by atoms with Crippen LogP contribution < -0.4 is 5.32 Å². The molecule has 1 N–H and O–H groups in total. The van der Waals surface area contributed by atoms with E-state index in [9.17, 15) is 9.59 Å². The van der Waals surface area contributed by atoms with Crippen LogP contribution in [0.1, 0.15) is 51.3 Å². The predicted octanol–water partition coefficient (Wildman–Crippen LogP) is 5.03. The van der Waals surface area contributed by atoms with Gasteiger partial charge in [0.2, 0.25) is 0 Å². The third-order valence-electron chi connectivity index (χ3n) is 6.07. The van der Waals surface area contributed by atoms with Crippen molar-refractivity contribution in [1.29, 1.82) is 0 Å². The van der Waals surface area contributed by atoms with E-state index in [1.807, 2.05) is 49.1 Å². The molecular weight excluding hydrogens is 458 g/mol. The van der Waals surface area contributed by atoms with Gasteiger partial charge in [0.1, 0.15) is 5.03 Å². The van der Waals surface area contributed by atoms with E-state index >= 15 is 0 Å². The lowest BCUT2D eigenvalue weighted by atomic mass is 10.1. The smallest absolute Gasteiger partial charge is 0.254 e. The molecule has 35 heavy (non-hydrogen) atoms. The molecule has 182 valence electrons. The van der Waals surface area contributed by atoms with Crippen LogP contribution in [0.2, 0.25) is 0 Å². The Morgan fingerprint density at radius 1 is 1.03 bits per heavy atom. The summed E-state index contributed by atoms with van der Waals surface area (Å²) in [4.78, 5) is 33.2. The number of carbonyl (C=O) groups excluding carboxylic acids is 2. The molecule has 0 spiro atoms. The minimum atomic E-state index is -0.180. The predicted molar refractivity (Wildman–Crippen MR) is 138 cm³/mol. The summed E-state index contributed by atoms with van der Waals surface area (Å²) in [5.41, 5.74) is 4.54. The average molecular weight is 490 g/mol. The second-order valence-electron chi connectivity index (χ2n) is 9.05. The molecule has 2 amide bonds. The van der Waals surface area contributed by atoms with Crippen molar-refractivity contribution >= 4 is 23.6 Å². The van der Waals surface area contributed by atoms with Crippen molar-refractivity contribution in [2.75, 3.05) is 13.1 Å². The SMILES string of the molecule is Cc1ccc(Sc2ncccc2C(=O)NCc2ccc(C(=O)N3CC(C)OC(C)C3)cc2)cc1C. The van der Waals surface area contributed by atoms with Crippen molar-refractivity contribution in [1.82, 2.24) is 15.2 Å². The Morgan fingerprint density at radius 3 is 2.43 bits per heavy atom. The zero-order chi connectivity index (χ0) is 24.9. The first-order valence-electron chi connectivity index (χ1n) is 11.8. The third-order valence-corrected chi connectivity index (χ3v) is 7.08. The van der Waals surface area contributed by atoms with Gasteiger partial charge in [-0.15, -0.1) is 0 Å². The van der Waals surface area contributed by atoms with Gasteiger partial charge in [-0.25, -0.2) is 4.98 Å². The average Bonchev–Trinajstić information content (AvgIpc) is 2.84. The highest BCUT2D eigenvalue weighted by molar-refractivity contribution is 7.99. The number of ether oxygens (including phenoxy) is 1. The number of pyridine rings is 1. The maximum atomic E-state index is 13.0. The molecule has 1 saturated heterocycles. The highest BCUT2D eigenvalue weighted by atomic mass is 32.2. The number of hydrogen-bond donors (Lipinski definition) is 1. The molecule has 2 aromatic carbocycles. The number of aromatic nitrogens is 1. The maximum Gasteiger partial charge on any atom is 0.254 e. The van der Waals surface area contributed by atoms with Crippen LogP contribution >= 0.6 is 11.8 Å². The lowest BCUT2D eigenvalue weighted by Gasteiger charge is -2.35. The molecular formula is C28H31N3O3S. The van der Waals surface area contributed by atoms with Crippen LogP contribution in [0.25, 0.3) is 0 Å². The zero-order valence-corrected chi connectivity index (χ0v) is 21.4. The number of amides is 2. The van der Waals surface area contributed by atoms with E-state index in [1.54, 1.807) is 18.3 Å². The van der Waals surface area contributed by atoms with Crippen molar-refractivity contribution < 1.29 is 14.3 Å². The highest BCUT2D eigenvalue weighted by Crippen LogP contribution is 2.30. The minimum Gasteiger partial charge on any atom is -0.372 e. The van der Waals surface area contributed by atoms with Gasteiger partial charge in [-0.1, -0.05) is 30.0 Å².